The van der Waals surface area contributed by atoms with Gasteiger partial charge in [-0.3, -0.25) is 0 Å². The molecule has 0 aliphatic heterocycles. The highest BCUT2D eigenvalue weighted by atomic mass is 35.5. The van der Waals surface area contributed by atoms with E-state index in [9.17, 15) is 0 Å². The van der Waals surface area contributed by atoms with Gasteiger partial charge < -0.3 is 10.2 Å². The Bertz CT molecular complexity index is 432. The summed E-state index contributed by atoms with van der Waals surface area (Å²) in [6.07, 6.45) is 5.57. The van der Waals surface area contributed by atoms with E-state index in [1.165, 1.54) is 12.8 Å². The van der Waals surface area contributed by atoms with Crippen molar-refractivity contribution in [3.05, 3.63) is 16.4 Å². The first-order chi connectivity index (χ1) is 9.74. The van der Waals surface area contributed by atoms with Crippen molar-refractivity contribution in [3.63, 3.8) is 0 Å². The van der Waals surface area contributed by atoms with Crippen molar-refractivity contribution >= 4 is 17.5 Å². The van der Waals surface area contributed by atoms with Gasteiger partial charge in [-0.2, -0.15) is 0 Å². The predicted octanol–water partition coefficient (Wildman–Crippen LogP) is 3.15. The number of nitrogens with zero attached hydrogens (tertiary/aromatic N) is 3. The van der Waals surface area contributed by atoms with Crippen LogP contribution < -0.4 is 5.32 Å². The summed E-state index contributed by atoms with van der Waals surface area (Å²) >= 11 is 6.26. The van der Waals surface area contributed by atoms with E-state index in [0.717, 1.165) is 56.7 Å². The van der Waals surface area contributed by atoms with Crippen LogP contribution in [0.5, 0.6) is 0 Å². The molecule has 0 atom stereocenters. The normalized spacial score (nSPS) is 14.4. The molecule has 2 rings (SSSR count). The summed E-state index contributed by atoms with van der Waals surface area (Å²) in [5, 5.41) is 3.95. The van der Waals surface area contributed by atoms with Crippen LogP contribution in [0.2, 0.25) is 5.15 Å². The third-order valence-corrected chi connectivity index (χ3v) is 4.27. The van der Waals surface area contributed by atoms with Crippen molar-refractivity contribution in [3.8, 4) is 0 Å². The van der Waals surface area contributed by atoms with Gasteiger partial charge in [-0.15, -0.1) is 0 Å². The second kappa shape index (κ2) is 7.79. The Morgan fingerprint density at radius 3 is 2.65 bits per heavy atom. The minimum atomic E-state index is 0.640. The molecule has 1 heterocycles. The van der Waals surface area contributed by atoms with E-state index in [1.54, 1.807) is 0 Å². The number of fused-ring (bicyclic) bond motifs is 1. The van der Waals surface area contributed by atoms with Gasteiger partial charge >= 0.3 is 0 Å². The maximum atomic E-state index is 6.26. The molecule has 0 saturated heterocycles. The molecule has 0 radical (unpaired) electrons. The number of hydrogen-bond donors (Lipinski definition) is 1. The van der Waals surface area contributed by atoms with Crippen LogP contribution in [0.3, 0.4) is 0 Å². The molecule has 1 aliphatic carbocycles. The molecule has 0 saturated carbocycles. The van der Waals surface area contributed by atoms with Gasteiger partial charge in [0.2, 0.25) is 5.95 Å². The van der Waals surface area contributed by atoms with Gasteiger partial charge in [-0.05, 0) is 51.7 Å². The average molecular weight is 297 g/mol. The van der Waals surface area contributed by atoms with Crippen LogP contribution in [0.4, 0.5) is 5.95 Å². The van der Waals surface area contributed by atoms with E-state index in [0.29, 0.717) is 11.1 Å². The molecule has 5 heteroatoms. The summed E-state index contributed by atoms with van der Waals surface area (Å²) in [6, 6.07) is 0. The van der Waals surface area contributed by atoms with Gasteiger partial charge in [0.25, 0.3) is 0 Å². The number of aryl methyl sites for hydroxylation is 1. The monoisotopic (exact) mass is 296 g/mol. The van der Waals surface area contributed by atoms with Gasteiger partial charge in [-0.25, -0.2) is 9.97 Å². The Kier molecular flexibility index (Phi) is 6.05. The van der Waals surface area contributed by atoms with Crippen LogP contribution >= 0.6 is 11.6 Å². The van der Waals surface area contributed by atoms with Gasteiger partial charge in [0.1, 0.15) is 5.15 Å². The van der Waals surface area contributed by atoms with Crippen LogP contribution in [0.1, 0.15) is 44.4 Å². The molecule has 0 amide bonds. The number of nitrogens with one attached hydrogen (secondary N) is 1. The second-order valence-corrected chi connectivity index (χ2v) is 5.64. The first kappa shape index (κ1) is 15.5. The minimum Gasteiger partial charge on any atom is -0.354 e. The number of halogens is 1. The fourth-order valence-corrected chi connectivity index (χ4v) is 2.95. The molecule has 0 bridgehead atoms. The molecule has 0 unspecified atom stereocenters. The lowest BCUT2D eigenvalue weighted by atomic mass is 9.97. The molecule has 0 fully saturated rings. The van der Waals surface area contributed by atoms with Crippen molar-refractivity contribution in [2.24, 2.45) is 0 Å². The van der Waals surface area contributed by atoms with Crippen molar-refractivity contribution in [1.82, 2.24) is 14.9 Å². The highest BCUT2D eigenvalue weighted by molar-refractivity contribution is 6.30. The maximum Gasteiger partial charge on any atom is 0.224 e. The van der Waals surface area contributed by atoms with Crippen LogP contribution in [-0.4, -0.2) is 41.0 Å². The molecule has 112 valence electrons. The first-order valence-electron chi connectivity index (χ1n) is 7.76. The van der Waals surface area contributed by atoms with Crippen LogP contribution in [-0.2, 0) is 12.8 Å². The molecular formula is C15H25ClN4. The fraction of sp³-hybridized carbons (Fsp3) is 0.733. The van der Waals surface area contributed by atoms with E-state index >= 15 is 0 Å². The average Bonchev–Trinajstić information content (AvgIpc) is 2.47. The zero-order valence-corrected chi connectivity index (χ0v) is 13.3. The SMILES string of the molecule is CCN(CC)CCCNc1nc(Cl)c2c(n1)CCCC2. The van der Waals surface area contributed by atoms with Crippen molar-refractivity contribution in [2.75, 3.05) is 31.5 Å². The quantitative estimate of drug-likeness (QED) is 0.620. The predicted molar refractivity (Wildman–Crippen MR) is 84.6 cm³/mol. The molecule has 4 nitrogen and oxygen atoms in total. The Labute approximate surface area is 126 Å². The lowest BCUT2D eigenvalue weighted by molar-refractivity contribution is 0.303. The van der Waals surface area contributed by atoms with E-state index in [-0.39, 0.29) is 0 Å². The van der Waals surface area contributed by atoms with Crippen molar-refractivity contribution in [2.45, 2.75) is 46.0 Å². The summed E-state index contributed by atoms with van der Waals surface area (Å²) in [7, 11) is 0. The Morgan fingerprint density at radius 1 is 1.15 bits per heavy atom. The van der Waals surface area contributed by atoms with E-state index in [2.05, 4.69) is 34.0 Å². The van der Waals surface area contributed by atoms with Gasteiger partial charge in [-0.1, -0.05) is 25.4 Å². The molecule has 1 aromatic rings. The zero-order valence-electron chi connectivity index (χ0n) is 12.6. The van der Waals surface area contributed by atoms with Gasteiger partial charge in [0, 0.05) is 12.1 Å². The van der Waals surface area contributed by atoms with Crippen LogP contribution in [0, 0.1) is 0 Å². The van der Waals surface area contributed by atoms with E-state index < -0.39 is 0 Å². The lowest BCUT2D eigenvalue weighted by Gasteiger charge is -2.19. The van der Waals surface area contributed by atoms with Crippen LogP contribution in [0.15, 0.2) is 0 Å². The van der Waals surface area contributed by atoms with E-state index in [1.807, 2.05) is 0 Å². The summed E-state index contributed by atoms with van der Waals surface area (Å²) in [4.78, 5) is 11.4. The first-order valence-corrected chi connectivity index (χ1v) is 8.13. The Hall–Kier alpha value is -0.870. The summed E-state index contributed by atoms with van der Waals surface area (Å²) in [5.74, 6) is 0.690. The van der Waals surface area contributed by atoms with Gasteiger partial charge in [0.15, 0.2) is 0 Å². The van der Waals surface area contributed by atoms with Gasteiger partial charge in [0.05, 0.1) is 5.69 Å². The molecule has 0 spiro atoms. The molecular weight excluding hydrogens is 272 g/mol. The summed E-state index contributed by atoms with van der Waals surface area (Å²) in [5.41, 5.74) is 2.30. The largest absolute Gasteiger partial charge is 0.354 e. The number of aromatic nitrogens is 2. The topological polar surface area (TPSA) is 41.0 Å². The summed E-state index contributed by atoms with van der Waals surface area (Å²) in [6.45, 7) is 8.62. The highest BCUT2D eigenvalue weighted by Crippen LogP contribution is 2.26. The highest BCUT2D eigenvalue weighted by Gasteiger charge is 2.16. The second-order valence-electron chi connectivity index (χ2n) is 5.28. The molecule has 1 N–H and O–H groups in total. The van der Waals surface area contributed by atoms with Crippen LogP contribution in [0.25, 0.3) is 0 Å². The number of anilines is 1. The maximum absolute atomic E-state index is 6.26. The third-order valence-electron chi connectivity index (χ3n) is 3.96. The lowest BCUT2D eigenvalue weighted by Crippen LogP contribution is -2.25. The van der Waals surface area contributed by atoms with Crippen molar-refractivity contribution in [1.29, 1.82) is 0 Å². The zero-order chi connectivity index (χ0) is 14.4. The minimum absolute atomic E-state index is 0.640. The molecule has 0 aromatic carbocycles. The van der Waals surface area contributed by atoms with Crippen molar-refractivity contribution < 1.29 is 0 Å². The fourth-order valence-electron chi connectivity index (χ4n) is 2.67. The molecule has 20 heavy (non-hydrogen) atoms. The number of rotatable bonds is 7. The standard InChI is InChI=1S/C15H25ClN4/c1-3-20(4-2)11-7-10-17-15-18-13-9-6-5-8-12(13)14(16)19-15/h3-11H2,1-2H3,(H,17,18,19). The Morgan fingerprint density at radius 2 is 1.90 bits per heavy atom. The molecule has 1 aromatic heterocycles. The third kappa shape index (κ3) is 4.06. The number of hydrogen-bond acceptors (Lipinski definition) is 4. The van der Waals surface area contributed by atoms with E-state index in [4.69, 9.17) is 11.6 Å². The molecule has 1 aliphatic rings. The summed E-state index contributed by atoms with van der Waals surface area (Å²) < 4.78 is 0. The smallest absolute Gasteiger partial charge is 0.224 e. The Balaban J connectivity index is 1.86.